The number of hydrogen-bond acceptors (Lipinski definition) is 5. The SMILES string of the molecule is CCC1CC(Nc2cc(-c3ccc(CN4CCC4)cc3)cc(C(=O)NCc3c(C)cc(C)[nH]c3=O)c2C)CCO1. The van der Waals surface area contributed by atoms with E-state index in [1.165, 1.54) is 25.1 Å². The number of likely N-dealkylation sites (tertiary alicyclic amines) is 1. The van der Waals surface area contributed by atoms with Crippen molar-refractivity contribution in [2.75, 3.05) is 25.0 Å². The number of amides is 1. The fraction of sp³-hybridized carbons (Fsp3) is 0.455. The zero-order chi connectivity index (χ0) is 28.2. The topological polar surface area (TPSA) is 86.5 Å². The van der Waals surface area contributed by atoms with Crippen LogP contribution in [0, 0.1) is 20.8 Å². The maximum atomic E-state index is 13.6. The highest BCUT2D eigenvalue weighted by molar-refractivity contribution is 5.98. The summed E-state index contributed by atoms with van der Waals surface area (Å²) in [5, 5.41) is 6.76. The Hall–Kier alpha value is -3.42. The minimum absolute atomic E-state index is 0.158. The van der Waals surface area contributed by atoms with E-state index in [1.807, 2.05) is 32.9 Å². The summed E-state index contributed by atoms with van der Waals surface area (Å²) < 4.78 is 5.90. The normalized spacial score (nSPS) is 19.2. The minimum atomic E-state index is -0.186. The van der Waals surface area contributed by atoms with E-state index in [-0.39, 0.29) is 30.2 Å². The Morgan fingerprint density at radius 2 is 1.85 bits per heavy atom. The summed E-state index contributed by atoms with van der Waals surface area (Å²) in [6, 6.07) is 15.1. The molecule has 3 heterocycles. The predicted molar refractivity (Wildman–Crippen MR) is 161 cm³/mol. The number of aromatic nitrogens is 1. The number of aromatic amines is 1. The van der Waals surface area contributed by atoms with Crippen LogP contribution >= 0.6 is 0 Å². The molecule has 1 amide bonds. The van der Waals surface area contributed by atoms with Gasteiger partial charge in [0.15, 0.2) is 0 Å². The molecule has 40 heavy (non-hydrogen) atoms. The monoisotopic (exact) mass is 542 g/mol. The summed E-state index contributed by atoms with van der Waals surface area (Å²) in [5.41, 5.74) is 7.98. The molecule has 0 radical (unpaired) electrons. The third kappa shape index (κ3) is 6.48. The number of ether oxygens (including phenoxy) is 1. The van der Waals surface area contributed by atoms with Gasteiger partial charge in [0, 0.05) is 48.2 Å². The van der Waals surface area contributed by atoms with E-state index in [2.05, 4.69) is 57.8 Å². The number of H-pyrrole nitrogens is 1. The average molecular weight is 543 g/mol. The van der Waals surface area contributed by atoms with Gasteiger partial charge in [0.05, 0.1) is 6.10 Å². The van der Waals surface area contributed by atoms with Crippen LogP contribution in [0.15, 0.2) is 47.3 Å². The van der Waals surface area contributed by atoms with Gasteiger partial charge in [-0.05, 0) is 106 Å². The molecule has 2 fully saturated rings. The molecule has 2 aromatic carbocycles. The van der Waals surface area contributed by atoms with Gasteiger partial charge in [-0.3, -0.25) is 14.5 Å². The van der Waals surface area contributed by atoms with Gasteiger partial charge in [0.1, 0.15) is 0 Å². The fourth-order valence-corrected chi connectivity index (χ4v) is 5.75. The molecule has 0 aliphatic carbocycles. The van der Waals surface area contributed by atoms with E-state index in [0.717, 1.165) is 66.0 Å². The van der Waals surface area contributed by atoms with Crippen molar-refractivity contribution in [3.63, 3.8) is 0 Å². The molecule has 0 spiro atoms. The molecule has 7 nitrogen and oxygen atoms in total. The number of carbonyl (C=O) groups excluding carboxylic acids is 1. The molecular formula is C33H42N4O3. The molecule has 3 N–H and O–H groups in total. The summed E-state index contributed by atoms with van der Waals surface area (Å²) in [5.74, 6) is -0.186. The second-order valence-corrected chi connectivity index (χ2v) is 11.4. The third-order valence-corrected chi connectivity index (χ3v) is 8.40. The van der Waals surface area contributed by atoms with Crippen molar-refractivity contribution in [3.05, 3.63) is 86.3 Å². The standard InChI is InChI=1S/C33H42N4O3/c1-5-28-18-27(11-14-40-28)36-31-17-26(25-9-7-24(8-10-25)20-37-12-6-13-37)16-29(23(31)4)32(38)34-19-30-21(2)15-22(3)35-33(30)39/h7-10,15-17,27-28,36H,5-6,11-14,18-20H2,1-4H3,(H,34,38)(H,35,39). The van der Waals surface area contributed by atoms with Crippen molar-refractivity contribution in [1.82, 2.24) is 15.2 Å². The van der Waals surface area contributed by atoms with Gasteiger partial charge in [0.25, 0.3) is 11.5 Å². The number of nitrogens with zero attached hydrogens (tertiary/aromatic N) is 1. The Morgan fingerprint density at radius 1 is 1.07 bits per heavy atom. The summed E-state index contributed by atoms with van der Waals surface area (Å²) in [4.78, 5) is 31.4. The lowest BCUT2D eigenvalue weighted by Crippen LogP contribution is -2.36. The number of rotatable bonds is 9. The summed E-state index contributed by atoms with van der Waals surface area (Å²) in [6.45, 7) is 12.2. The Kier molecular flexibility index (Phi) is 8.72. The van der Waals surface area contributed by atoms with Crippen LogP contribution in [0.1, 0.15) is 70.9 Å². The third-order valence-electron chi connectivity index (χ3n) is 8.40. The van der Waals surface area contributed by atoms with Gasteiger partial charge in [0.2, 0.25) is 0 Å². The van der Waals surface area contributed by atoms with E-state index in [4.69, 9.17) is 4.74 Å². The molecule has 0 bridgehead atoms. The molecular weight excluding hydrogens is 500 g/mol. The summed E-state index contributed by atoms with van der Waals surface area (Å²) in [7, 11) is 0. The van der Waals surface area contributed by atoms with Crippen LogP contribution in [-0.2, 0) is 17.8 Å². The Bertz CT molecular complexity index is 1410. The quantitative estimate of drug-likeness (QED) is 0.334. The molecule has 2 aliphatic rings. The van der Waals surface area contributed by atoms with Crippen molar-refractivity contribution in [2.45, 2.75) is 78.6 Å². The first-order valence-electron chi connectivity index (χ1n) is 14.6. The Balaban J connectivity index is 1.43. The van der Waals surface area contributed by atoms with E-state index < -0.39 is 0 Å². The molecule has 2 aliphatic heterocycles. The van der Waals surface area contributed by atoms with Crippen molar-refractivity contribution in [1.29, 1.82) is 0 Å². The van der Waals surface area contributed by atoms with Gasteiger partial charge >= 0.3 is 0 Å². The predicted octanol–water partition coefficient (Wildman–Crippen LogP) is 5.47. The Morgan fingerprint density at radius 3 is 2.52 bits per heavy atom. The molecule has 5 rings (SSSR count). The number of nitrogens with one attached hydrogen (secondary N) is 3. The zero-order valence-corrected chi connectivity index (χ0v) is 24.2. The average Bonchev–Trinajstić information content (AvgIpc) is 2.91. The molecule has 2 atom stereocenters. The molecule has 1 aromatic heterocycles. The zero-order valence-electron chi connectivity index (χ0n) is 24.2. The number of benzene rings is 2. The highest BCUT2D eigenvalue weighted by Crippen LogP contribution is 2.31. The molecule has 7 heteroatoms. The van der Waals surface area contributed by atoms with Crippen molar-refractivity contribution < 1.29 is 9.53 Å². The van der Waals surface area contributed by atoms with Crippen molar-refractivity contribution in [3.8, 4) is 11.1 Å². The lowest BCUT2D eigenvalue weighted by Gasteiger charge is -2.31. The minimum Gasteiger partial charge on any atom is -0.382 e. The molecule has 3 aromatic rings. The summed E-state index contributed by atoms with van der Waals surface area (Å²) in [6.07, 6.45) is 4.41. The van der Waals surface area contributed by atoms with Gasteiger partial charge in [-0.2, -0.15) is 0 Å². The summed E-state index contributed by atoms with van der Waals surface area (Å²) >= 11 is 0. The van der Waals surface area contributed by atoms with Crippen LogP contribution in [0.2, 0.25) is 0 Å². The molecule has 2 saturated heterocycles. The van der Waals surface area contributed by atoms with Crippen molar-refractivity contribution in [2.24, 2.45) is 0 Å². The maximum Gasteiger partial charge on any atom is 0.253 e. The van der Waals surface area contributed by atoms with Gasteiger partial charge < -0.3 is 20.4 Å². The van der Waals surface area contributed by atoms with Gasteiger partial charge in [-0.15, -0.1) is 0 Å². The number of carbonyl (C=O) groups is 1. The largest absolute Gasteiger partial charge is 0.382 e. The van der Waals surface area contributed by atoms with E-state index in [0.29, 0.717) is 11.1 Å². The van der Waals surface area contributed by atoms with Gasteiger partial charge in [-0.1, -0.05) is 31.2 Å². The number of hydrogen-bond donors (Lipinski definition) is 3. The van der Waals surface area contributed by atoms with Crippen LogP contribution in [0.3, 0.4) is 0 Å². The van der Waals surface area contributed by atoms with E-state index in [1.54, 1.807) is 0 Å². The second-order valence-electron chi connectivity index (χ2n) is 11.4. The number of aryl methyl sites for hydroxylation is 2. The second kappa shape index (κ2) is 12.4. The fourth-order valence-electron chi connectivity index (χ4n) is 5.75. The van der Waals surface area contributed by atoms with Gasteiger partial charge in [-0.25, -0.2) is 0 Å². The number of anilines is 1. The molecule has 2 unspecified atom stereocenters. The van der Waals surface area contributed by atoms with Crippen LogP contribution in [0.4, 0.5) is 5.69 Å². The molecule has 212 valence electrons. The Labute approximate surface area is 237 Å². The van der Waals surface area contributed by atoms with Crippen LogP contribution in [0.5, 0.6) is 0 Å². The highest BCUT2D eigenvalue weighted by Gasteiger charge is 2.23. The van der Waals surface area contributed by atoms with Crippen LogP contribution in [0.25, 0.3) is 11.1 Å². The number of pyridine rings is 1. The van der Waals surface area contributed by atoms with Crippen LogP contribution in [-0.4, -0.2) is 47.6 Å². The first kappa shape index (κ1) is 28.1. The first-order valence-corrected chi connectivity index (χ1v) is 14.6. The smallest absolute Gasteiger partial charge is 0.253 e. The van der Waals surface area contributed by atoms with E-state index >= 15 is 0 Å². The lowest BCUT2D eigenvalue weighted by molar-refractivity contribution is 0.00924. The van der Waals surface area contributed by atoms with Crippen LogP contribution < -0.4 is 16.2 Å². The first-order chi connectivity index (χ1) is 19.3. The lowest BCUT2D eigenvalue weighted by atomic mass is 9.95. The highest BCUT2D eigenvalue weighted by atomic mass is 16.5. The van der Waals surface area contributed by atoms with Crippen molar-refractivity contribution >= 4 is 11.6 Å². The maximum absolute atomic E-state index is 13.6. The molecule has 0 saturated carbocycles. The van der Waals surface area contributed by atoms with E-state index in [9.17, 15) is 9.59 Å².